The molecule has 0 saturated carbocycles. The Morgan fingerprint density at radius 3 is 2.71 bits per heavy atom. The molecule has 8 heteroatoms. The minimum absolute atomic E-state index is 0.0361. The molecule has 106 valence electrons. The minimum Gasteiger partial charge on any atom is -0.507 e. The van der Waals surface area contributed by atoms with Crippen LogP contribution in [0.25, 0.3) is 23.0 Å². The molecule has 8 nitrogen and oxygen atoms in total. The molecular weight excluding hydrogens is 274 g/mol. The Kier molecular flexibility index (Phi) is 3.11. The van der Waals surface area contributed by atoms with Crippen LogP contribution in [0, 0.1) is 0 Å². The first-order chi connectivity index (χ1) is 10.2. The summed E-state index contributed by atoms with van der Waals surface area (Å²) in [5, 5.41) is 21.4. The molecule has 2 aromatic heterocycles. The van der Waals surface area contributed by atoms with E-state index in [0.29, 0.717) is 22.8 Å². The van der Waals surface area contributed by atoms with Crippen molar-refractivity contribution in [2.75, 3.05) is 12.8 Å². The number of hydrogen-bond acceptors (Lipinski definition) is 8. The number of methoxy groups -OCH3 is 1. The van der Waals surface area contributed by atoms with Gasteiger partial charge in [0.05, 0.1) is 12.7 Å². The van der Waals surface area contributed by atoms with Gasteiger partial charge in [-0.2, -0.15) is 4.98 Å². The summed E-state index contributed by atoms with van der Waals surface area (Å²) in [5.41, 5.74) is 6.84. The van der Waals surface area contributed by atoms with Gasteiger partial charge in [-0.25, -0.2) is 0 Å². The molecule has 0 spiro atoms. The highest BCUT2D eigenvalue weighted by Gasteiger charge is 2.15. The maximum Gasteiger partial charge on any atom is 0.262 e. The third kappa shape index (κ3) is 2.46. The van der Waals surface area contributed by atoms with Gasteiger partial charge in [-0.3, -0.25) is 0 Å². The van der Waals surface area contributed by atoms with Crippen LogP contribution in [0.1, 0.15) is 0 Å². The van der Waals surface area contributed by atoms with Crippen LogP contribution in [0.4, 0.5) is 5.69 Å². The smallest absolute Gasteiger partial charge is 0.262 e. The lowest BCUT2D eigenvalue weighted by molar-refractivity contribution is 0.392. The molecule has 0 radical (unpaired) electrons. The van der Waals surface area contributed by atoms with E-state index in [2.05, 4.69) is 20.3 Å². The zero-order valence-corrected chi connectivity index (χ0v) is 11.0. The molecule has 3 aromatic rings. The van der Waals surface area contributed by atoms with Crippen LogP contribution in [0.15, 0.2) is 34.9 Å². The summed E-state index contributed by atoms with van der Waals surface area (Å²) < 4.78 is 10.0. The van der Waals surface area contributed by atoms with Crippen molar-refractivity contribution in [2.45, 2.75) is 0 Å². The van der Waals surface area contributed by atoms with Gasteiger partial charge in [-0.05, 0) is 18.2 Å². The van der Waals surface area contributed by atoms with Gasteiger partial charge in [0.15, 0.2) is 0 Å². The lowest BCUT2D eigenvalue weighted by atomic mass is 10.2. The zero-order chi connectivity index (χ0) is 14.8. The van der Waals surface area contributed by atoms with Crippen molar-refractivity contribution < 1.29 is 14.4 Å². The summed E-state index contributed by atoms with van der Waals surface area (Å²) in [7, 11) is 1.50. The molecule has 3 rings (SSSR count). The predicted molar refractivity (Wildman–Crippen MR) is 73.4 cm³/mol. The monoisotopic (exact) mass is 285 g/mol. The number of benzene rings is 1. The van der Waals surface area contributed by atoms with Crippen molar-refractivity contribution in [2.24, 2.45) is 0 Å². The number of nitrogens with zero attached hydrogens (tertiary/aromatic N) is 4. The molecule has 0 aliphatic carbocycles. The van der Waals surface area contributed by atoms with Gasteiger partial charge in [0.25, 0.3) is 5.89 Å². The van der Waals surface area contributed by atoms with Crippen LogP contribution in [0.3, 0.4) is 0 Å². The molecule has 0 aliphatic heterocycles. The van der Waals surface area contributed by atoms with E-state index in [-0.39, 0.29) is 17.5 Å². The minimum atomic E-state index is -0.0361. The summed E-state index contributed by atoms with van der Waals surface area (Å²) >= 11 is 0. The quantitative estimate of drug-likeness (QED) is 0.694. The topological polar surface area (TPSA) is 120 Å². The summed E-state index contributed by atoms with van der Waals surface area (Å²) in [6.45, 7) is 0. The fourth-order valence-electron chi connectivity index (χ4n) is 1.71. The maximum absolute atomic E-state index is 9.84. The summed E-state index contributed by atoms with van der Waals surface area (Å²) in [5.74, 6) is 0.779. The van der Waals surface area contributed by atoms with E-state index in [9.17, 15) is 5.11 Å². The predicted octanol–water partition coefficient (Wildman–Crippen LogP) is 1.49. The summed E-state index contributed by atoms with van der Waals surface area (Å²) in [6.07, 6.45) is 0. The Morgan fingerprint density at radius 2 is 2.05 bits per heavy atom. The highest BCUT2D eigenvalue weighted by Crippen LogP contribution is 2.30. The van der Waals surface area contributed by atoms with Crippen molar-refractivity contribution in [1.29, 1.82) is 0 Å². The van der Waals surface area contributed by atoms with E-state index < -0.39 is 0 Å². The third-order valence-corrected chi connectivity index (χ3v) is 2.76. The van der Waals surface area contributed by atoms with Crippen LogP contribution in [-0.4, -0.2) is 32.6 Å². The first-order valence-electron chi connectivity index (χ1n) is 5.98. The Hall–Kier alpha value is -3.16. The Labute approximate surface area is 119 Å². The van der Waals surface area contributed by atoms with Crippen LogP contribution < -0.4 is 10.5 Å². The maximum atomic E-state index is 9.84. The van der Waals surface area contributed by atoms with Gasteiger partial charge < -0.3 is 20.1 Å². The Bertz CT molecular complexity index is 770. The van der Waals surface area contributed by atoms with E-state index in [1.807, 2.05) is 0 Å². The number of ether oxygens (including phenoxy) is 1. The highest BCUT2D eigenvalue weighted by atomic mass is 16.5. The van der Waals surface area contributed by atoms with E-state index in [1.54, 1.807) is 24.3 Å². The van der Waals surface area contributed by atoms with Crippen LogP contribution in [0.5, 0.6) is 11.6 Å². The molecule has 0 fully saturated rings. The number of nitrogens with two attached hydrogens (primary N) is 1. The van der Waals surface area contributed by atoms with Gasteiger partial charge >= 0.3 is 0 Å². The first-order valence-corrected chi connectivity index (χ1v) is 5.98. The Morgan fingerprint density at radius 1 is 1.19 bits per heavy atom. The zero-order valence-electron chi connectivity index (χ0n) is 11.0. The van der Waals surface area contributed by atoms with Gasteiger partial charge in [0, 0.05) is 17.8 Å². The fraction of sp³-hybridized carbons (Fsp3) is 0.0769. The van der Waals surface area contributed by atoms with Crippen molar-refractivity contribution in [3.8, 4) is 34.6 Å². The molecule has 21 heavy (non-hydrogen) atoms. The van der Waals surface area contributed by atoms with Crippen molar-refractivity contribution in [1.82, 2.24) is 20.3 Å². The molecule has 0 aliphatic rings. The number of phenolic OH excluding ortho intramolecular Hbond substituents is 1. The van der Waals surface area contributed by atoms with Crippen LogP contribution in [0.2, 0.25) is 0 Å². The van der Waals surface area contributed by atoms with Gasteiger partial charge in [0.2, 0.25) is 11.7 Å². The van der Waals surface area contributed by atoms with Gasteiger partial charge in [-0.1, -0.05) is 5.16 Å². The second kappa shape index (κ2) is 5.08. The lowest BCUT2D eigenvalue weighted by Crippen LogP contribution is -1.93. The second-order valence-corrected chi connectivity index (χ2v) is 4.16. The van der Waals surface area contributed by atoms with Crippen molar-refractivity contribution >= 4 is 5.69 Å². The van der Waals surface area contributed by atoms with Crippen molar-refractivity contribution in [3.05, 3.63) is 30.3 Å². The van der Waals surface area contributed by atoms with Gasteiger partial charge in [-0.15, -0.1) is 10.2 Å². The number of phenols is 1. The average Bonchev–Trinajstić information content (AvgIpc) is 2.97. The first kappa shape index (κ1) is 12.9. The third-order valence-electron chi connectivity index (χ3n) is 2.76. The molecule has 1 aromatic carbocycles. The number of anilines is 1. The van der Waals surface area contributed by atoms with E-state index in [0.717, 1.165) is 0 Å². The largest absolute Gasteiger partial charge is 0.507 e. The summed E-state index contributed by atoms with van der Waals surface area (Å²) in [4.78, 5) is 4.17. The normalized spacial score (nSPS) is 10.5. The van der Waals surface area contributed by atoms with Crippen LogP contribution >= 0.6 is 0 Å². The highest BCUT2D eigenvalue weighted by molar-refractivity contribution is 5.67. The Balaban J connectivity index is 1.95. The molecule has 0 bridgehead atoms. The van der Waals surface area contributed by atoms with E-state index in [1.165, 1.54) is 13.2 Å². The molecular formula is C13H11N5O3. The number of nitrogen functional groups attached to an aromatic ring is 1. The fourth-order valence-corrected chi connectivity index (χ4v) is 1.71. The number of rotatable bonds is 3. The lowest BCUT2D eigenvalue weighted by Gasteiger charge is -1.99. The standard InChI is InChI=1S/C13H11N5O3/c1-20-11-5-4-9(16-17-11)12-15-13(21-18-12)8-3-2-7(14)6-10(8)19/h2-6,19H,14H2,1H3. The molecule has 2 heterocycles. The molecule has 3 N–H and O–H groups in total. The summed E-state index contributed by atoms with van der Waals surface area (Å²) in [6, 6.07) is 7.93. The van der Waals surface area contributed by atoms with Gasteiger partial charge in [0.1, 0.15) is 11.4 Å². The number of aromatic hydroxyl groups is 1. The number of hydrogen-bond donors (Lipinski definition) is 2. The second-order valence-electron chi connectivity index (χ2n) is 4.16. The molecule has 0 unspecified atom stereocenters. The van der Waals surface area contributed by atoms with E-state index >= 15 is 0 Å². The SMILES string of the molecule is COc1ccc(-c2noc(-c3ccc(N)cc3O)n2)nn1. The molecule has 0 saturated heterocycles. The van der Waals surface area contributed by atoms with Crippen molar-refractivity contribution in [3.63, 3.8) is 0 Å². The molecule has 0 atom stereocenters. The average molecular weight is 285 g/mol. The van der Waals surface area contributed by atoms with E-state index in [4.69, 9.17) is 15.0 Å². The van der Waals surface area contributed by atoms with Crippen LogP contribution in [-0.2, 0) is 0 Å². The molecule has 0 amide bonds. The number of aromatic nitrogens is 4.